The molecule has 0 aromatic carbocycles. The van der Waals surface area contributed by atoms with E-state index in [2.05, 4.69) is 14.7 Å². The Morgan fingerprint density at radius 2 is 2.00 bits per heavy atom. The molecule has 2 aromatic heterocycles. The molecule has 0 saturated heterocycles. The average Bonchev–Trinajstić information content (AvgIpc) is 2.32. The third kappa shape index (κ3) is 2.54. The summed E-state index contributed by atoms with van der Waals surface area (Å²) >= 11 is 0. The van der Waals surface area contributed by atoms with E-state index in [1.165, 1.54) is 18.5 Å². The van der Waals surface area contributed by atoms with Gasteiger partial charge in [0.1, 0.15) is 10.7 Å². The Bertz CT molecular complexity index is 675. The van der Waals surface area contributed by atoms with Crippen LogP contribution in [0.1, 0.15) is 0 Å². The Kier molecular flexibility index (Phi) is 3.11. The van der Waals surface area contributed by atoms with Gasteiger partial charge in [-0.05, 0) is 12.1 Å². The van der Waals surface area contributed by atoms with E-state index in [0.29, 0.717) is 0 Å². The number of halogens is 1. The van der Waals surface area contributed by atoms with Gasteiger partial charge in [0.25, 0.3) is 10.0 Å². The smallest absolute Gasteiger partial charge is 0.263 e. The van der Waals surface area contributed by atoms with E-state index in [-0.39, 0.29) is 16.3 Å². The van der Waals surface area contributed by atoms with Crippen molar-refractivity contribution in [3.8, 4) is 0 Å². The summed E-state index contributed by atoms with van der Waals surface area (Å²) in [6.45, 7) is 0. The second-order valence-electron chi connectivity index (χ2n) is 3.41. The maximum Gasteiger partial charge on any atom is 0.263 e. The molecule has 0 atom stereocenters. The third-order valence-electron chi connectivity index (χ3n) is 2.09. The van der Waals surface area contributed by atoms with Crippen LogP contribution in [0.4, 0.5) is 15.8 Å². The van der Waals surface area contributed by atoms with Crippen molar-refractivity contribution in [3.63, 3.8) is 0 Å². The van der Waals surface area contributed by atoms with E-state index in [0.717, 1.165) is 18.5 Å². The second kappa shape index (κ2) is 4.57. The number of hydrogen-bond donors (Lipinski definition) is 2. The molecule has 0 unspecified atom stereocenters. The molecule has 0 aliphatic heterocycles. The predicted molar refractivity (Wildman–Crippen MR) is 63.7 cm³/mol. The molecule has 6 nitrogen and oxygen atoms in total. The summed E-state index contributed by atoms with van der Waals surface area (Å²) in [5.74, 6) is -0.736. The first-order chi connectivity index (χ1) is 8.49. The molecule has 8 heteroatoms. The molecule has 2 rings (SSSR count). The second-order valence-corrected chi connectivity index (χ2v) is 5.09. The molecule has 0 spiro atoms. The van der Waals surface area contributed by atoms with Gasteiger partial charge in [-0.2, -0.15) is 0 Å². The lowest BCUT2D eigenvalue weighted by Crippen LogP contribution is -2.14. The highest BCUT2D eigenvalue weighted by Gasteiger charge is 2.16. The average molecular weight is 268 g/mol. The van der Waals surface area contributed by atoms with Crippen molar-refractivity contribution in [3.05, 3.63) is 42.7 Å². The fourth-order valence-corrected chi connectivity index (χ4v) is 2.30. The molecular weight excluding hydrogens is 259 g/mol. The SMILES string of the molecule is Nc1cnccc1NS(=O)(=O)c1cncc(F)c1. The number of hydrogen-bond acceptors (Lipinski definition) is 5. The number of anilines is 2. The van der Waals surface area contributed by atoms with E-state index in [1.54, 1.807) is 0 Å². The zero-order chi connectivity index (χ0) is 13.2. The molecule has 0 amide bonds. The zero-order valence-corrected chi connectivity index (χ0v) is 9.86. The predicted octanol–water partition coefficient (Wildman–Crippen LogP) is 0.999. The van der Waals surface area contributed by atoms with Crippen molar-refractivity contribution in [2.75, 3.05) is 10.5 Å². The van der Waals surface area contributed by atoms with Crippen LogP contribution >= 0.6 is 0 Å². The summed E-state index contributed by atoms with van der Waals surface area (Å²) in [5.41, 5.74) is 5.90. The monoisotopic (exact) mass is 268 g/mol. The molecular formula is C10H9FN4O2S. The zero-order valence-electron chi connectivity index (χ0n) is 9.04. The number of aromatic nitrogens is 2. The number of nitrogens with zero attached hydrogens (tertiary/aromatic N) is 2. The summed E-state index contributed by atoms with van der Waals surface area (Å²) in [4.78, 5) is 6.93. The Morgan fingerprint density at radius 3 is 2.67 bits per heavy atom. The number of nitrogens with one attached hydrogen (secondary N) is 1. The highest BCUT2D eigenvalue weighted by atomic mass is 32.2. The van der Waals surface area contributed by atoms with Crippen LogP contribution in [-0.2, 0) is 10.0 Å². The standard InChI is InChI=1S/C10H9FN4O2S/c11-7-3-8(5-14-4-7)18(16,17)15-10-1-2-13-6-9(10)12/h1-6H,12H2,(H,13,15). The highest BCUT2D eigenvalue weighted by Crippen LogP contribution is 2.20. The lowest BCUT2D eigenvalue weighted by Gasteiger charge is -2.09. The van der Waals surface area contributed by atoms with Gasteiger partial charge < -0.3 is 5.73 Å². The van der Waals surface area contributed by atoms with Gasteiger partial charge in [-0.15, -0.1) is 0 Å². The van der Waals surface area contributed by atoms with Gasteiger partial charge >= 0.3 is 0 Å². The van der Waals surface area contributed by atoms with Gasteiger partial charge in [0.05, 0.1) is 23.8 Å². The van der Waals surface area contributed by atoms with E-state index in [4.69, 9.17) is 5.73 Å². The van der Waals surface area contributed by atoms with Gasteiger partial charge in [0.2, 0.25) is 0 Å². The first-order valence-corrected chi connectivity index (χ1v) is 6.30. The molecule has 0 radical (unpaired) electrons. The Labute approximate surface area is 103 Å². The van der Waals surface area contributed by atoms with Crippen LogP contribution in [0, 0.1) is 5.82 Å². The highest BCUT2D eigenvalue weighted by molar-refractivity contribution is 7.92. The Hall–Kier alpha value is -2.22. The molecule has 18 heavy (non-hydrogen) atoms. The molecule has 3 N–H and O–H groups in total. The molecule has 0 fully saturated rings. The minimum atomic E-state index is -3.92. The van der Waals surface area contributed by atoms with Crippen molar-refractivity contribution in [2.24, 2.45) is 0 Å². The van der Waals surface area contributed by atoms with Crippen LogP contribution in [0.3, 0.4) is 0 Å². The number of sulfonamides is 1. The molecule has 0 bridgehead atoms. The first kappa shape index (κ1) is 12.2. The maximum atomic E-state index is 12.9. The van der Waals surface area contributed by atoms with Crippen LogP contribution in [-0.4, -0.2) is 18.4 Å². The minimum absolute atomic E-state index is 0.172. The quantitative estimate of drug-likeness (QED) is 0.865. The molecule has 0 saturated carbocycles. The van der Waals surface area contributed by atoms with Gasteiger partial charge in [0, 0.05) is 12.4 Å². The van der Waals surface area contributed by atoms with Crippen molar-refractivity contribution >= 4 is 21.4 Å². The lowest BCUT2D eigenvalue weighted by atomic mass is 10.4. The summed E-state index contributed by atoms with van der Waals surface area (Å²) in [6.07, 6.45) is 4.66. The summed E-state index contributed by atoms with van der Waals surface area (Å²) in [7, 11) is -3.92. The van der Waals surface area contributed by atoms with E-state index >= 15 is 0 Å². The van der Waals surface area contributed by atoms with Crippen molar-refractivity contribution < 1.29 is 12.8 Å². The number of pyridine rings is 2. The van der Waals surface area contributed by atoms with Crippen LogP contribution in [0.15, 0.2) is 41.8 Å². The molecule has 2 heterocycles. The third-order valence-corrected chi connectivity index (χ3v) is 3.42. The Morgan fingerprint density at radius 1 is 1.22 bits per heavy atom. The molecule has 94 valence electrons. The fraction of sp³-hybridized carbons (Fsp3) is 0. The van der Waals surface area contributed by atoms with E-state index < -0.39 is 15.8 Å². The van der Waals surface area contributed by atoms with Gasteiger partial charge in [-0.3, -0.25) is 14.7 Å². The topological polar surface area (TPSA) is 98.0 Å². The van der Waals surface area contributed by atoms with Gasteiger partial charge in [-0.1, -0.05) is 0 Å². The van der Waals surface area contributed by atoms with Crippen LogP contribution < -0.4 is 10.5 Å². The van der Waals surface area contributed by atoms with Gasteiger partial charge in [-0.25, -0.2) is 12.8 Å². The van der Waals surface area contributed by atoms with Crippen LogP contribution in [0.2, 0.25) is 0 Å². The number of rotatable bonds is 3. The lowest BCUT2D eigenvalue weighted by molar-refractivity contribution is 0.592. The van der Waals surface area contributed by atoms with Crippen molar-refractivity contribution in [1.29, 1.82) is 0 Å². The molecule has 2 aromatic rings. The first-order valence-electron chi connectivity index (χ1n) is 4.82. The summed E-state index contributed by atoms with van der Waals surface area (Å²) in [6, 6.07) is 2.27. The summed E-state index contributed by atoms with van der Waals surface area (Å²) in [5, 5.41) is 0. The van der Waals surface area contributed by atoms with E-state index in [9.17, 15) is 12.8 Å². The van der Waals surface area contributed by atoms with Crippen LogP contribution in [0.25, 0.3) is 0 Å². The normalized spacial score (nSPS) is 11.2. The summed E-state index contributed by atoms with van der Waals surface area (Å²) < 4.78 is 39.0. The van der Waals surface area contributed by atoms with Gasteiger partial charge in [0.15, 0.2) is 0 Å². The fourth-order valence-electron chi connectivity index (χ4n) is 1.24. The Balaban J connectivity index is 2.37. The van der Waals surface area contributed by atoms with Crippen LogP contribution in [0.5, 0.6) is 0 Å². The van der Waals surface area contributed by atoms with E-state index in [1.807, 2.05) is 0 Å². The van der Waals surface area contributed by atoms with Crippen molar-refractivity contribution in [2.45, 2.75) is 4.90 Å². The minimum Gasteiger partial charge on any atom is -0.396 e. The molecule has 0 aliphatic carbocycles. The maximum absolute atomic E-state index is 12.9. The largest absolute Gasteiger partial charge is 0.396 e. The number of nitrogens with two attached hydrogens (primary N) is 1. The molecule has 0 aliphatic rings. The van der Waals surface area contributed by atoms with Crippen molar-refractivity contribution in [1.82, 2.24) is 9.97 Å². The number of nitrogen functional groups attached to an aromatic ring is 1.